The van der Waals surface area contributed by atoms with Gasteiger partial charge in [0.25, 0.3) is 0 Å². The molecule has 1 atom stereocenters. The van der Waals surface area contributed by atoms with Crippen LogP contribution in [0.15, 0.2) is 18.2 Å². The lowest BCUT2D eigenvalue weighted by atomic mass is 10.1. The number of ether oxygens (including phenoxy) is 1. The highest BCUT2D eigenvalue weighted by molar-refractivity contribution is 5.57. The van der Waals surface area contributed by atoms with E-state index >= 15 is 0 Å². The van der Waals surface area contributed by atoms with Crippen molar-refractivity contribution >= 4 is 5.69 Å². The van der Waals surface area contributed by atoms with Gasteiger partial charge in [-0.25, -0.2) is 0 Å². The molecule has 0 spiro atoms. The van der Waals surface area contributed by atoms with Crippen molar-refractivity contribution in [3.63, 3.8) is 0 Å². The Hall–Kier alpha value is -1.02. The van der Waals surface area contributed by atoms with E-state index in [1.807, 2.05) is 0 Å². The van der Waals surface area contributed by atoms with Crippen LogP contribution in [0, 0.1) is 6.85 Å². The number of benzene rings is 1. The van der Waals surface area contributed by atoms with E-state index in [0.29, 0.717) is 0 Å². The van der Waals surface area contributed by atoms with Gasteiger partial charge in [0.05, 0.1) is 6.61 Å². The zero-order valence-electron chi connectivity index (χ0n) is 16.9. The summed E-state index contributed by atoms with van der Waals surface area (Å²) in [5.41, 5.74) is -0.335. The second-order valence-corrected chi connectivity index (χ2v) is 3.35. The van der Waals surface area contributed by atoms with Gasteiger partial charge in [-0.1, -0.05) is 25.1 Å². The van der Waals surface area contributed by atoms with Gasteiger partial charge in [0, 0.05) is 29.8 Å². The predicted octanol–water partition coefficient (Wildman–Crippen LogP) is 3.00. The lowest BCUT2D eigenvalue weighted by molar-refractivity contribution is 0.190. The molecule has 2 nitrogen and oxygen atoms in total. The lowest BCUT2D eigenvalue weighted by Crippen LogP contribution is -2.22. The van der Waals surface area contributed by atoms with Crippen molar-refractivity contribution in [3.05, 3.63) is 29.3 Å². The zero-order chi connectivity index (χ0) is 18.1. The quantitative estimate of drug-likeness (QED) is 0.815. The molecule has 0 aromatic heterocycles. The standard InChI is InChI=1S/C13H21NO/c1-5-12-8-6-7-10(2)13(12)14-11(3)9-15-4/h6-8,11,14H,5,9H2,1-4H3/i1D3,2D3,5D2. The first kappa shape index (κ1) is 4.88. The maximum atomic E-state index is 7.96. The van der Waals surface area contributed by atoms with Crippen LogP contribution >= 0.6 is 0 Å². The zero-order valence-corrected chi connectivity index (χ0v) is 8.92. The van der Waals surface area contributed by atoms with Crippen molar-refractivity contribution < 1.29 is 15.7 Å². The monoisotopic (exact) mass is 215 g/mol. The molecule has 0 aliphatic rings. The van der Waals surface area contributed by atoms with Crippen molar-refractivity contribution in [2.75, 3.05) is 19.0 Å². The molecule has 0 aliphatic heterocycles. The van der Waals surface area contributed by atoms with Gasteiger partial charge >= 0.3 is 0 Å². The van der Waals surface area contributed by atoms with Crippen LogP contribution < -0.4 is 5.32 Å². The van der Waals surface area contributed by atoms with E-state index < -0.39 is 20.1 Å². The molecule has 84 valence electrons. The lowest BCUT2D eigenvalue weighted by Gasteiger charge is -2.19. The van der Waals surface area contributed by atoms with Crippen LogP contribution in [-0.4, -0.2) is 19.8 Å². The van der Waals surface area contributed by atoms with Crippen LogP contribution in [0.25, 0.3) is 0 Å². The summed E-state index contributed by atoms with van der Waals surface area (Å²) in [7, 11) is 1.48. The Kier molecular flexibility index (Phi) is 1.87. The van der Waals surface area contributed by atoms with Gasteiger partial charge in [0.2, 0.25) is 0 Å². The van der Waals surface area contributed by atoms with E-state index in [2.05, 4.69) is 5.32 Å². The molecule has 0 bridgehead atoms. The minimum Gasteiger partial charge on any atom is -0.383 e. The molecule has 1 unspecified atom stereocenters. The molecule has 1 rings (SSSR count). The highest BCUT2D eigenvalue weighted by Gasteiger charge is 2.07. The Labute approximate surface area is 104 Å². The third-order valence-electron chi connectivity index (χ3n) is 2.01. The van der Waals surface area contributed by atoms with Gasteiger partial charge in [0.1, 0.15) is 0 Å². The first-order chi connectivity index (χ1) is 10.3. The largest absolute Gasteiger partial charge is 0.383 e. The smallest absolute Gasteiger partial charge is 0.0661 e. The van der Waals surface area contributed by atoms with Crippen molar-refractivity contribution in [1.29, 1.82) is 0 Å². The third kappa shape index (κ3) is 3.24. The molecule has 1 aromatic carbocycles. The van der Waals surface area contributed by atoms with Crippen LogP contribution in [0.3, 0.4) is 0 Å². The maximum Gasteiger partial charge on any atom is 0.0661 e. The SMILES string of the molecule is [2H]C([2H])([2H])c1cccc(C([2H])([2H])C([2H])([2H])[2H])c1NC(C)COC. The number of hydrogen-bond acceptors (Lipinski definition) is 2. The summed E-state index contributed by atoms with van der Waals surface area (Å²) in [6, 6.07) is 3.67. The highest BCUT2D eigenvalue weighted by Crippen LogP contribution is 2.21. The second kappa shape index (κ2) is 5.76. The Morgan fingerprint density at radius 1 is 1.60 bits per heavy atom. The summed E-state index contributed by atoms with van der Waals surface area (Å²) in [5, 5.41) is 2.89. The van der Waals surface area contributed by atoms with Crippen LogP contribution in [0.4, 0.5) is 5.69 Å². The Balaban J connectivity index is 3.52. The van der Waals surface area contributed by atoms with E-state index in [1.165, 1.54) is 25.3 Å². The molecule has 1 N–H and O–H groups in total. The van der Waals surface area contributed by atoms with Gasteiger partial charge in [-0.2, -0.15) is 0 Å². The fraction of sp³-hybridized carbons (Fsp3) is 0.538. The number of nitrogens with one attached hydrogen (secondary N) is 1. The highest BCUT2D eigenvalue weighted by atomic mass is 16.5. The van der Waals surface area contributed by atoms with Gasteiger partial charge < -0.3 is 10.1 Å². The molecule has 0 aliphatic carbocycles. The minimum atomic E-state index is -2.93. The first-order valence-electron chi connectivity index (χ1n) is 8.72. The molecule has 1 aromatic rings. The van der Waals surface area contributed by atoms with Crippen molar-refractivity contribution in [2.24, 2.45) is 0 Å². The summed E-state index contributed by atoms with van der Waals surface area (Å²) < 4.78 is 66.0. The number of methoxy groups -OCH3 is 1. The summed E-state index contributed by atoms with van der Waals surface area (Å²) in [4.78, 5) is 0. The molecule has 0 fully saturated rings. The summed E-state index contributed by atoms with van der Waals surface area (Å²) in [6.45, 7) is -3.45. The van der Waals surface area contributed by atoms with Gasteiger partial charge in [-0.15, -0.1) is 0 Å². The summed E-state index contributed by atoms with van der Waals surface area (Å²) in [6.07, 6.45) is -2.69. The number of hydrogen-bond donors (Lipinski definition) is 1. The van der Waals surface area contributed by atoms with Gasteiger partial charge in [0.15, 0.2) is 0 Å². The molecule has 2 heteroatoms. The third-order valence-corrected chi connectivity index (χ3v) is 2.01. The summed E-state index contributed by atoms with van der Waals surface area (Å²) in [5.74, 6) is 0. The van der Waals surface area contributed by atoms with Gasteiger partial charge in [-0.3, -0.25) is 0 Å². The topological polar surface area (TPSA) is 21.3 Å². The molecule has 0 heterocycles. The van der Waals surface area contributed by atoms with Crippen molar-refractivity contribution in [3.8, 4) is 0 Å². The average Bonchev–Trinajstić information content (AvgIpc) is 2.36. The fourth-order valence-electron chi connectivity index (χ4n) is 1.35. The molecule has 0 radical (unpaired) electrons. The van der Waals surface area contributed by atoms with Crippen LogP contribution in [-0.2, 0) is 11.1 Å². The van der Waals surface area contributed by atoms with Crippen LogP contribution in [0.1, 0.15) is 35.9 Å². The number of rotatable bonds is 5. The van der Waals surface area contributed by atoms with Crippen LogP contribution in [0.5, 0.6) is 0 Å². The molecule has 0 amide bonds. The van der Waals surface area contributed by atoms with E-state index in [0.717, 1.165) is 0 Å². The molecular formula is C13H21NO. The Bertz CT molecular complexity index is 538. The molecule has 15 heavy (non-hydrogen) atoms. The summed E-state index contributed by atoms with van der Waals surface area (Å²) >= 11 is 0. The van der Waals surface area contributed by atoms with Crippen molar-refractivity contribution in [1.82, 2.24) is 0 Å². The Morgan fingerprint density at radius 2 is 2.47 bits per heavy atom. The molecular weight excluding hydrogens is 186 g/mol. The Morgan fingerprint density at radius 3 is 3.13 bits per heavy atom. The second-order valence-electron chi connectivity index (χ2n) is 3.35. The van der Waals surface area contributed by atoms with E-state index in [-0.39, 0.29) is 29.5 Å². The van der Waals surface area contributed by atoms with E-state index in [4.69, 9.17) is 15.7 Å². The normalized spacial score (nSPS) is 23.1. The van der Waals surface area contributed by atoms with E-state index in [9.17, 15) is 0 Å². The minimum absolute atomic E-state index is 0.0156. The van der Waals surface area contributed by atoms with E-state index in [1.54, 1.807) is 6.92 Å². The van der Waals surface area contributed by atoms with Crippen LogP contribution in [0.2, 0.25) is 0 Å². The number of para-hydroxylation sites is 1. The first-order valence-corrected chi connectivity index (χ1v) is 4.72. The van der Waals surface area contributed by atoms with Gasteiger partial charge in [-0.05, 0) is 31.3 Å². The fourth-order valence-corrected chi connectivity index (χ4v) is 1.35. The average molecular weight is 215 g/mol. The number of anilines is 1. The molecule has 0 saturated carbocycles. The van der Waals surface area contributed by atoms with Crippen molar-refractivity contribution in [2.45, 2.75) is 33.0 Å². The predicted molar refractivity (Wildman–Crippen MR) is 65.5 cm³/mol. The molecule has 0 saturated heterocycles. The maximum absolute atomic E-state index is 7.96. The number of aryl methyl sites for hydroxylation is 2.